The number of nitrogens with zero attached hydrogens (tertiary/aromatic N) is 1. The first-order valence-electron chi connectivity index (χ1n) is 11.2. The Morgan fingerprint density at radius 3 is 2.62 bits per heavy atom. The van der Waals surface area contributed by atoms with E-state index in [4.69, 9.17) is 9.84 Å². The molecule has 170 valence electrons. The molecule has 1 aliphatic rings. The number of piperidine rings is 1. The molecule has 5 nitrogen and oxygen atoms in total. The molecule has 0 aromatic heterocycles. The largest absolute Gasteiger partial charge is 0.515 e. The average molecular weight is 436 g/mol. The van der Waals surface area contributed by atoms with Gasteiger partial charge in [0.25, 0.3) is 0 Å². The van der Waals surface area contributed by atoms with E-state index in [2.05, 4.69) is 51.1 Å². The summed E-state index contributed by atoms with van der Waals surface area (Å²) in [6.07, 6.45) is 4.13. The summed E-state index contributed by atoms with van der Waals surface area (Å²) in [6.45, 7) is 7.82. The van der Waals surface area contributed by atoms with Crippen LogP contribution in [0.2, 0.25) is 0 Å². The fourth-order valence-corrected chi connectivity index (χ4v) is 4.24. The molecule has 1 N–H and O–H groups in total. The van der Waals surface area contributed by atoms with Gasteiger partial charge in [-0.2, -0.15) is 0 Å². The molecule has 32 heavy (non-hydrogen) atoms. The number of ether oxygens (including phenoxy) is 1. The van der Waals surface area contributed by atoms with Crippen molar-refractivity contribution in [3.8, 4) is 5.75 Å². The summed E-state index contributed by atoms with van der Waals surface area (Å²) in [5, 5.41) is 8.69. The number of benzene rings is 2. The molecule has 1 amide bonds. The molecule has 2 aromatic carbocycles. The molecule has 0 aliphatic carbocycles. The van der Waals surface area contributed by atoms with Crippen LogP contribution in [0.5, 0.6) is 5.75 Å². The number of amides is 1. The Bertz CT molecular complexity index is 964. The van der Waals surface area contributed by atoms with E-state index in [1.165, 1.54) is 5.56 Å². The minimum absolute atomic E-state index is 0.128. The predicted octanol–water partition coefficient (Wildman–Crippen LogP) is 4.95. The molecule has 5 heteroatoms. The normalized spacial score (nSPS) is 18.8. The summed E-state index contributed by atoms with van der Waals surface area (Å²) in [7, 11) is 0. The number of aliphatic hydroxyl groups is 1. The Labute approximate surface area is 190 Å². The van der Waals surface area contributed by atoms with Crippen molar-refractivity contribution in [3.63, 3.8) is 0 Å². The average Bonchev–Trinajstić information content (AvgIpc) is 2.78. The molecule has 2 aromatic rings. The van der Waals surface area contributed by atoms with Crippen LogP contribution in [0.4, 0.5) is 0 Å². The summed E-state index contributed by atoms with van der Waals surface area (Å²) < 4.78 is 5.58. The second-order valence-corrected chi connectivity index (χ2v) is 9.15. The van der Waals surface area contributed by atoms with Gasteiger partial charge in [0.05, 0.1) is 12.7 Å². The second-order valence-electron chi connectivity index (χ2n) is 9.15. The second kappa shape index (κ2) is 10.5. The molecule has 1 fully saturated rings. The third kappa shape index (κ3) is 6.00. The van der Waals surface area contributed by atoms with E-state index in [0.717, 1.165) is 42.9 Å². The Morgan fingerprint density at radius 1 is 1.19 bits per heavy atom. The zero-order valence-corrected chi connectivity index (χ0v) is 19.2. The van der Waals surface area contributed by atoms with Crippen LogP contribution in [0.15, 0.2) is 60.9 Å². The fraction of sp³-hybridized carbons (Fsp3) is 0.407. The maximum atomic E-state index is 13.0. The third-order valence-electron chi connectivity index (χ3n) is 6.22. The zero-order chi connectivity index (χ0) is 23.1. The predicted molar refractivity (Wildman–Crippen MR) is 126 cm³/mol. The number of likely N-dealkylation sites (tertiary alicyclic amines) is 1. The van der Waals surface area contributed by atoms with Gasteiger partial charge in [-0.15, -0.1) is 0 Å². The van der Waals surface area contributed by atoms with Crippen LogP contribution in [-0.4, -0.2) is 41.4 Å². The molecule has 0 saturated carbocycles. The van der Waals surface area contributed by atoms with Crippen molar-refractivity contribution in [1.82, 2.24) is 4.90 Å². The van der Waals surface area contributed by atoms with Gasteiger partial charge in [0.15, 0.2) is 12.4 Å². The molecular weight excluding hydrogens is 402 g/mol. The van der Waals surface area contributed by atoms with Crippen molar-refractivity contribution in [3.05, 3.63) is 77.6 Å². The van der Waals surface area contributed by atoms with Gasteiger partial charge in [-0.1, -0.05) is 57.2 Å². The summed E-state index contributed by atoms with van der Waals surface area (Å²) in [6, 6.07) is 16.1. The number of carbonyl (C=O) groups is 2. The molecule has 1 saturated heterocycles. The van der Waals surface area contributed by atoms with Gasteiger partial charge >= 0.3 is 0 Å². The number of aliphatic hydroxyl groups excluding tert-OH is 1. The minimum atomic E-state index is -0.306. The highest BCUT2D eigenvalue weighted by atomic mass is 16.5. The summed E-state index contributed by atoms with van der Waals surface area (Å²) in [5.74, 6) is 0.936. The molecule has 1 aliphatic heterocycles. The highest BCUT2D eigenvalue weighted by Gasteiger charge is 2.34. The summed E-state index contributed by atoms with van der Waals surface area (Å²) >= 11 is 0. The number of hydrogen-bond acceptors (Lipinski definition) is 4. The van der Waals surface area contributed by atoms with Gasteiger partial charge in [-0.3, -0.25) is 9.59 Å². The first-order chi connectivity index (χ1) is 15.3. The third-order valence-corrected chi connectivity index (χ3v) is 6.22. The van der Waals surface area contributed by atoms with Crippen molar-refractivity contribution in [1.29, 1.82) is 0 Å². The van der Waals surface area contributed by atoms with E-state index in [0.29, 0.717) is 24.6 Å². The van der Waals surface area contributed by atoms with Gasteiger partial charge in [0, 0.05) is 24.6 Å². The van der Waals surface area contributed by atoms with Crippen LogP contribution < -0.4 is 4.74 Å². The van der Waals surface area contributed by atoms with E-state index < -0.39 is 0 Å². The topological polar surface area (TPSA) is 66.8 Å². The van der Waals surface area contributed by atoms with Gasteiger partial charge in [0.2, 0.25) is 5.91 Å². The lowest BCUT2D eigenvalue weighted by molar-refractivity contribution is -0.132. The summed E-state index contributed by atoms with van der Waals surface area (Å²) in [5.41, 5.74) is 3.24. The molecule has 1 heterocycles. The maximum absolute atomic E-state index is 13.0. The molecule has 0 bridgehead atoms. The van der Waals surface area contributed by atoms with E-state index in [1.807, 2.05) is 23.1 Å². The van der Waals surface area contributed by atoms with Crippen LogP contribution in [0.25, 0.3) is 0 Å². The number of hydrogen-bond donors (Lipinski definition) is 1. The molecule has 3 rings (SSSR count). The Hall–Kier alpha value is -3.08. The lowest BCUT2D eigenvalue weighted by Crippen LogP contribution is -2.47. The van der Waals surface area contributed by atoms with E-state index in [1.54, 1.807) is 0 Å². The van der Waals surface area contributed by atoms with Crippen LogP contribution in [-0.2, 0) is 21.4 Å². The van der Waals surface area contributed by atoms with Crippen molar-refractivity contribution < 1.29 is 19.4 Å². The maximum Gasteiger partial charge on any atom is 0.227 e. The highest BCUT2D eigenvalue weighted by Crippen LogP contribution is 2.35. The first kappa shape index (κ1) is 23.6. The van der Waals surface area contributed by atoms with E-state index >= 15 is 0 Å². The Morgan fingerprint density at radius 2 is 1.94 bits per heavy atom. The number of rotatable bonds is 8. The van der Waals surface area contributed by atoms with Crippen LogP contribution in [0, 0.1) is 0 Å². The van der Waals surface area contributed by atoms with Crippen LogP contribution in [0.3, 0.4) is 0 Å². The van der Waals surface area contributed by atoms with E-state index in [9.17, 15) is 9.59 Å². The van der Waals surface area contributed by atoms with Crippen LogP contribution >= 0.6 is 0 Å². The van der Waals surface area contributed by atoms with E-state index in [-0.39, 0.29) is 23.7 Å². The van der Waals surface area contributed by atoms with Gasteiger partial charge in [-0.25, -0.2) is 0 Å². The SMILES string of the molecule is CC(C)c1ccc(CC(=O)N2CCC[C@@](C)(c3cccc(OCC(=O)/C=C/O)c3)C2)cc1. The fourth-order valence-electron chi connectivity index (χ4n) is 4.24. The lowest BCUT2D eigenvalue weighted by atomic mass is 9.75. The number of ketones is 1. The van der Waals surface area contributed by atoms with Gasteiger partial charge in [0.1, 0.15) is 5.75 Å². The minimum Gasteiger partial charge on any atom is -0.515 e. The monoisotopic (exact) mass is 435 g/mol. The zero-order valence-electron chi connectivity index (χ0n) is 19.2. The van der Waals surface area contributed by atoms with Crippen molar-refractivity contribution in [2.24, 2.45) is 0 Å². The highest BCUT2D eigenvalue weighted by molar-refractivity contribution is 5.90. The van der Waals surface area contributed by atoms with Crippen LogP contribution in [0.1, 0.15) is 56.2 Å². The molecule has 0 spiro atoms. The van der Waals surface area contributed by atoms with Crippen molar-refractivity contribution in [2.45, 2.75) is 51.4 Å². The van der Waals surface area contributed by atoms with Gasteiger partial charge in [-0.05, 0) is 47.6 Å². The van der Waals surface area contributed by atoms with Gasteiger partial charge < -0.3 is 14.7 Å². The Balaban J connectivity index is 1.66. The Kier molecular flexibility index (Phi) is 7.73. The smallest absolute Gasteiger partial charge is 0.227 e. The molecular formula is C27H33NO4. The summed E-state index contributed by atoms with van der Waals surface area (Å²) in [4.78, 5) is 26.6. The lowest BCUT2D eigenvalue weighted by Gasteiger charge is -2.41. The molecule has 0 radical (unpaired) electrons. The van der Waals surface area contributed by atoms with Crippen molar-refractivity contribution >= 4 is 11.7 Å². The standard InChI is InChI=1S/C27H33NO4/c1-20(2)22-10-8-21(9-11-22)16-26(31)28-14-5-13-27(3,19-28)23-6-4-7-25(17-23)32-18-24(30)12-15-29/h4,6-12,15,17,20,29H,5,13-14,16,18-19H2,1-3H3/b15-12+/t27-/m1/s1. The molecule has 0 unspecified atom stereocenters. The first-order valence-corrected chi connectivity index (χ1v) is 11.2. The quantitative estimate of drug-likeness (QED) is 0.470. The number of carbonyl (C=O) groups excluding carboxylic acids is 2. The van der Waals surface area contributed by atoms with Crippen molar-refractivity contribution in [2.75, 3.05) is 19.7 Å². The molecule has 1 atom stereocenters.